The largest absolute Gasteiger partial charge is 0.465 e. The summed E-state index contributed by atoms with van der Waals surface area (Å²) in [5.74, 6) is 1.44. The van der Waals surface area contributed by atoms with Crippen LogP contribution in [0.2, 0.25) is 0 Å². The summed E-state index contributed by atoms with van der Waals surface area (Å²) in [4.78, 5) is 24.0. The Balaban J connectivity index is 3.58. The van der Waals surface area contributed by atoms with Crippen LogP contribution in [-0.2, 0) is 19.1 Å². The highest BCUT2D eigenvalue weighted by Gasteiger charge is 2.13. The summed E-state index contributed by atoms with van der Waals surface area (Å²) in [5, 5.41) is 0. The zero-order chi connectivity index (χ0) is 26.2. The van der Waals surface area contributed by atoms with Gasteiger partial charge in [0.2, 0.25) is 0 Å². The van der Waals surface area contributed by atoms with Crippen LogP contribution in [0.25, 0.3) is 0 Å². The van der Waals surface area contributed by atoms with Gasteiger partial charge in [0, 0.05) is 12.8 Å². The Kier molecular flexibility index (Phi) is 23.9. The number of carbonyl (C=O) groups is 2. The maximum absolute atomic E-state index is 12.1. The van der Waals surface area contributed by atoms with Crippen molar-refractivity contribution < 1.29 is 19.1 Å². The Morgan fingerprint density at radius 3 is 1.51 bits per heavy atom. The van der Waals surface area contributed by atoms with Gasteiger partial charge < -0.3 is 9.47 Å². The van der Waals surface area contributed by atoms with Crippen molar-refractivity contribution in [1.29, 1.82) is 0 Å². The summed E-state index contributed by atoms with van der Waals surface area (Å²) in [7, 11) is 0. The molecule has 3 unspecified atom stereocenters. The fraction of sp³-hybridized carbons (Fsp3) is 0.935. The summed E-state index contributed by atoms with van der Waals surface area (Å²) < 4.78 is 11.0. The highest BCUT2D eigenvalue weighted by Crippen LogP contribution is 2.18. The lowest BCUT2D eigenvalue weighted by Gasteiger charge is -2.16. The fourth-order valence-corrected chi connectivity index (χ4v) is 4.56. The molecule has 0 saturated carbocycles. The molecule has 0 aromatic carbocycles. The Morgan fingerprint density at radius 2 is 1.03 bits per heavy atom. The van der Waals surface area contributed by atoms with Crippen LogP contribution >= 0.6 is 0 Å². The van der Waals surface area contributed by atoms with Crippen LogP contribution in [0, 0.1) is 17.8 Å². The molecule has 0 aliphatic heterocycles. The molecule has 0 aliphatic carbocycles. The van der Waals surface area contributed by atoms with Gasteiger partial charge in [0.25, 0.3) is 0 Å². The van der Waals surface area contributed by atoms with Gasteiger partial charge in [0.05, 0.1) is 13.2 Å². The van der Waals surface area contributed by atoms with E-state index in [0.29, 0.717) is 43.8 Å². The Labute approximate surface area is 218 Å². The normalized spacial score (nSPS) is 13.9. The summed E-state index contributed by atoms with van der Waals surface area (Å²) in [6.07, 6.45) is 21.2. The Morgan fingerprint density at radius 1 is 0.571 bits per heavy atom. The van der Waals surface area contributed by atoms with Crippen molar-refractivity contribution in [3.8, 4) is 0 Å². The molecule has 0 heterocycles. The van der Waals surface area contributed by atoms with Crippen molar-refractivity contribution in [2.45, 2.75) is 157 Å². The molecular formula is C31H60O4. The molecule has 35 heavy (non-hydrogen) atoms. The lowest BCUT2D eigenvalue weighted by molar-refractivity contribution is -0.146. The van der Waals surface area contributed by atoms with Crippen LogP contribution in [0.5, 0.6) is 0 Å². The zero-order valence-electron chi connectivity index (χ0n) is 24.2. The van der Waals surface area contributed by atoms with Gasteiger partial charge in [-0.3, -0.25) is 9.59 Å². The maximum atomic E-state index is 12.1. The average molecular weight is 497 g/mol. The second kappa shape index (κ2) is 24.6. The van der Waals surface area contributed by atoms with Crippen molar-refractivity contribution >= 4 is 11.9 Å². The summed E-state index contributed by atoms with van der Waals surface area (Å²) in [6.45, 7) is 12.2. The maximum Gasteiger partial charge on any atom is 0.306 e. The standard InChI is InChI=1S/C31H60O4/c1-6-10-21-28(8-3)25-34-30(32)23-19-17-15-13-12-14-16-18-20-27(5)24-31(33)35-26-29(9-4)22-11-7-2/h27-29H,6-26H2,1-5H3. The highest BCUT2D eigenvalue weighted by atomic mass is 16.5. The first-order valence-electron chi connectivity index (χ1n) is 15.3. The first-order chi connectivity index (χ1) is 17.0. The van der Waals surface area contributed by atoms with E-state index in [4.69, 9.17) is 9.47 Å². The van der Waals surface area contributed by atoms with E-state index >= 15 is 0 Å². The van der Waals surface area contributed by atoms with Crippen LogP contribution < -0.4 is 0 Å². The van der Waals surface area contributed by atoms with E-state index in [-0.39, 0.29) is 11.9 Å². The number of unbranched alkanes of at least 4 members (excludes halogenated alkanes) is 9. The smallest absolute Gasteiger partial charge is 0.306 e. The molecule has 0 fully saturated rings. The average Bonchev–Trinajstić information content (AvgIpc) is 2.85. The molecule has 208 valence electrons. The zero-order valence-corrected chi connectivity index (χ0v) is 24.2. The molecule has 0 aromatic heterocycles. The molecule has 3 atom stereocenters. The molecular weight excluding hydrogens is 436 g/mol. The molecule has 0 aliphatic rings. The van der Waals surface area contributed by atoms with E-state index in [1.54, 1.807) is 0 Å². The fourth-order valence-electron chi connectivity index (χ4n) is 4.56. The SMILES string of the molecule is CCCCC(CC)COC(=O)CCCCCCCCCCC(C)CC(=O)OCC(CC)CCCC. The Hall–Kier alpha value is -1.06. The molecule has 0 bridgehead atoms. The van der Waals surface area contributed by atoms with Crippen LogP contribution in [0.1, 0.15) is 157 Å². The van der Waals surface area contributed by atoms with Gasteiger partial charge >= 0.3 is 11.9 Å². The number of hydrogen-bond acceptors (Lipinski definition) is 4. The van der Waals surface area contributed by atoms with E-state index in [2.05, 4.69) is 34.6 Å². The summed E-state index contributed by atoms with van der Waals surface area (Å²) >= 11 is 0. The highest BCUT2D eigenvalue weighted by molar-refractivity contribution is 5.69. The topological polar surface area (TPSA) is 52.6 Å². The third-order valence-electron chi connectivity index (χ3n) is 7.39. The van der Waals surface area contributed by atoms with Crippen LogP contribution in [0.3, 0.4) is 0 Å². The van der Waals surface area contributed by atoms with Crippen molar-refractivity contribution in [1.82, 2.24) is 0 Å². The van der Waals surface area contributed by atoms with Gasteiger partial charge in [0.15, 0.2) is 0 Å². The molecule has 0 saturated heterocycles. The lowest BCUT2D eigenvalue weighted by atomic mass is 9.98. The molecule has 0 aromatic rings. The first kappa shape index (κ1) is 33.9. The van der Waals surface area contributed by atoms with E-state index in [9.17, 15) is 9.59 Å². The number of rotatable bonds is 25. The molecule has 0 rings (SSSR count). The van der Waals surface area contributed by atoms with Crippen molar-refractivity contribution in [2.24, 2.45) is 17.8 Å². The monoisotopic (exact) mass is 496 g/mol. The van der Waals surface area contributed by atoms with Gasteiger partial charge in [-0.05, 0) is 37.0 Å². The second-order valence-electron chi connectivity index (χ2n) is 10.9. The van der Waals surface area contributed by atoms with Crippen LogP contribution in [0.4, 0.5) is 0 Å². The summed E-state index contributed by atoms with van der Waals surface area (Å²) in [6, 6.07) is 0. The van der Waals surface area contributed by atoms with E-state index < -0.39 is 0 Å². The second-order valence-corrected chi connectivity index (χ2v) is 10.9. The van der Waals surface area contributed by atoms with E-state index in [0.717, 1.165) is 32.1 Å². The van der Waals surface area contributed by atoms with Gasteiger partial charge in [0.1, 0.15) is 0 Å². The summed E-state index contributed by atoms with van der Waals surface area (Å²) in [5.41, 5.74) is 0. The molecule has 0 radical (unpaired) electrons. The van der Waals surface area contributed by atoms with Gasteiger partial charge in [-0.1, -0.05) is 125 Å². The third-order valence-corrected chi connectivity index (χ3v) is 7.39. The van der Waals surface area contributed by atoms with Crippen molar-refractivity contribution in [2.75, 3.05) is 13.2 Å². The number of carbonyl (C=O) groups excluding carboxylic acids is 2. The van der Waals surface area contributed by atoms with Gasteiger partial charge in [-0.25, -0.2) is 0 Å². The van der Waals surface area contributed by atoms with Gasteiger partial charge in [-0.2, -0.15) is 0 Å². The van der Waals surface area contributed by atoms with Crippen LogP contribution in [0.15, 0.2) is 0 Å². The number of ether oxygens (including phenoxy) is 2. The van der Waals surface area contributed by atoms with Crippen molar-refractivity contribution in [3.05, 3.63) is 0 Å². The first-order valence-corrected chi connectivity index (χ1v) is 15.3. The molecule has 4 nitrogen and oxygen atoms in total. The third kappa shape index (κ3) is 21.9. The van der Waals surface area contributed by atoms with E-state index in [1.165, 1.54) is 77.0 Å². The molecule has 0 spiro atoms. The van der Waals surface area contributed by atoms with E-state index in [1.807, 2.05) is 0 Å². The van der Waals surface area contributed by atoms with Crippen molar-refractivity contribution in [3.63, 3.8) is 0 Å². The number of esters is 2. The predicted octanol–water partition coefficient (Wildman–Crippen LogP) is 9.43. The lowest BCUT2D eigenvalue weighted by Crippen LogP contribution is -2.15. The molecule has 0 amide bonds. The minimum absolute atomic E-state index is 0.0142. The quantitative estimate of drug-likeness (QED) is 0.0932. The molecule has 0 N–H and O–H groups in total. The van der Waals surface area contributed by atoms with Crippen LogP contribution in [-0.4, -0.2) is 25.2 Å². The number of hydrogen-bond donors (Lipinski definition) is 0. The van der Waals surface area contributed by atoms with Gasteiger partial charge in [-0.15, -0.1) is 0 Å². The minimum atomic E-state index is -0.0157. The Bertz CT molecular complexity index is 490. The minimum Gasteiger partial charge on any atom is -0.465 e. The molecule has 4 heteroatoms. The predicted molar refractivity (Wildman–Crippen MR) is 148 cm³/mol.